The molecule has 0 aliphatic heterocycles. The van der Waals surface area contributed by atoms with E-state index in [1.165, 1.54) is 11.2 Å². The topological polar surface area (TPSA) is 54.3 Å². The Bertz CT molecular complexity index is 580. The van der Waals surface area contributed by atoms with E-state index in [-0.39, 0.29) is 16.8 Å². The summed E-state index contributed by atoms with van der Waals surface area (Å²) in [5.74, 6) is -0.122. The average Bonchev–Trinajstić information content (AvgIpc) is 3.00. The van der Waals surface area contributed by atoms with Crippen LogP contribution in [-0.4, -0.2) is 17.3 Å². The first-order valence-corrected chi connectivity index (χ1v) is 7.58. The van der Waals surface area contributed by atoms with Gasteiger partial charge in [-0.2, -0.15) is 0 Å². The Morgan fingerprint density at radius 2 is 2.05 bits per heavy atom. The molecule has 1 amide bonds. The van der Waals surface area contributed by atoms with Crippen LogP contribution in [0.4, 0.5) is 0 Å². The predicted octanol–water partition coefficient (Wildman–Crippen LogP) is 2.81. The fourth-order valence-electron chi connectivity index (χ4n) is 1.54. The predicted molar refractivity (Wildman–Crippen MR) is 83.8 cm³/mol. The lowest BCUT2D eigenvalue weighted by Crippen LogP contribution is -2.38. The zero-order valence-electron chi connectivity index (χ0n) is 10.9. The van der Waals surface area contributed by atoms with Gasteiger partial charge in [-0.25, -0.2) is 0 Å². The highest BCUT2D eigenvalue weighted by atomic mass is 32.2. The Labute approximate surface area is 126 Å². The first kappa shape index (κ1) is 14.6. The highest BCUT2D eigenvalue weighted by Crippen LogP contribution is 2.14. The van der Waals surface area contributed by atoms with Gasteiger partial charge in [-0.1, -0.05) is 12.1 Å². The summed E-state index contributed by atoms with van der Waals surface area (Å²) >= 11 is 6.76. The standard InChI is InChI=1S/C14H14N2O2S2/c1-20-11-6-4-10(5-7-11)9-15-14(19)16-13(17)12-3-2-8-18-12/h2-8H,9H2,1H3,(H2,15,16,17,19). The molecule has 20 heavy (non-hydrogen) atoms. The van der Waals surface area contributed by atoms with Gasteiger partial charge in [0.1, 0.15) is 0 Å². The van der Waals surface area contributed by atoms with E-state index in [1.54, 1.807) is 23.9 Å². The number of hydrogen-bond acceptors (Lipinski definition) is 4. The zero-order chi connectivity index (χ0) is 14.4. The highest BCUT2D eigenvalue weighted by Gasteiger charge is 2.09. The molecule has 2 rings (SSSR count). The van der Waals surface area contributed by atoms with Gasteiger partial charge in [-0.15, -0.1) is 11.8 Å². The monoisotopic (exact) mass is 306 g/mol. The maximum atomic E-state index is 11.7. The Balaban J connectivity index is 1.81. The van der Waals surface area contributed by atoms with Crippen molar-refractivity contribution in [2.45, 2.75) is 11.4 Å². The maximum Gasteiger partial charge on any atom is 0.293 e. The van der Waals surface area contributed by atoms with E-state index >= 15 is 0 Å². The number of carbonyl (C=O) groups is 1. The smallest absolute Gasteiger partial charge is 0.293 e. The quantitative estimate of drug-likeness (QED) is 0.672. The van der Waals surface area contributed by atoms with E-state index < -0.39 is 0 Å². The van der Waals surface area contributed by atoms with Crippen LogP contribution in [0.15, 0.2) is 52.0 Å². The SMILES string of the molecule is CSc1ccc(CNC(=S)NC(=O)c2ccco2)cc1. The van der Waals surface area contributed by atoms with Gasteiger partial charge in [0.15, 0.2) is 10.9 Å². The van der Waals surface area contributed by atoms with E-state index in [0.717, 1.165) is 5.56 Å². The van der Waals surface area contributed by atoms with Crippen molar-refractivity contribution in [2.24, 2.45) is 0 Å². The third kappa shape index (κ3) is 4.11. The number of thioether (sulfide) groups is 1. The van der Waals surface area contributed by atoms with Gasteiger partial charge in [-0.05, 0) is 48.3 Å². The van der Waals surface area contributed by atoms with Crippen LogP contribution in [0.5, 0.6) is 0 Å². The molecule has 2 aromatic rings. The molecule has 4 nitrogen and oxygen atoms in total. The third-order valence-corrected chi connectivity index (χ3v) is 3.57. The summed E-state index contributed by atoms with van der Waals surface area (Å²) in [6.45, 7) is 0.561. The van der Waals surface area contributed by atoms with E-state index in [2.05, 4.69) is 10.6 Å². The number of thiocarbonyl (C=S) groups is 1. The summed E-state index contributed by atoms with van der Waals surface area (Å²) in [6, 6.07) is 11.4. The number of hydrogen-bond donors (Lipinski definition) is 2. The molecule has 1 aromatic heterocycles. The lowest BCUT2D eigenvalue weighted by Gasteiger charge is -2.08. The van der Waals surface area contributed by atoms with Crippen molar-refractivity contribution >= 4 is 35.0 Å². The molecule has 0 bridgehead atoms. The molecule has 1 heterocycles. The number of amides is 1. The molecule has 0 aliphatic carbocycles. The molecular formula is C14H14N2O2S2. The summed E-state index contributed by atoms with van der Waals surface area (Å²) in [7, 11) is 0. The largest absolute Gasteiger partial charge is 0.459 e. The average molecular weight is 306 g/mol. The zero-order valence-corrected chi connectivity index (χ0v) is 12.5. The van der Waals surface area contributed by atoms with Gasteiger partial charge in [0.05, 0.1) is 6.26 Å². The van der Waals surface area contributed by atoms with Gasteiger partial charge < -0.3 is 9.73 Å². The van der Waals surface area contributed by atoms with Crippen LogP contribution in [0.2, 0.25) is 0 Å². The molecule has 2 N–H and O–H groups in total. The van der Waals surface area contributed by atoms with E-state index in [1.807, 2.05) is 30.5 Å². The molecule has 6 heteroatoms. The number of nitrogens with one attached hydrogen (secondary N) is 2. The molecule has 0 aliphatic rings. The normalized spacial score (nSPS) is 10.1. The van der Waals surface area contributed by atoms with Gasteiger partial charge in [-0.3, -0.25) is 10.1 Å². The van der Waals surface area contributed by atoms with Gasteiger partial charge in [0, 0.05) is 11.4 Å². The van der Waals surface area contributed by atoms with Crippen LogP contribution in [0.25, 0.3) is 0 Å². The van der Waals surface area contributed by atoms with E-state index in [4.69, 9.17) is 16.6 Å². The Morgan fingerprint density at radius 3 is 2.65 bits per heavy atom. The summed E-state index contributed by atoms with van der Waals surface area (Å²) in [5.41, 5.74) is 1.09. The lowest BCUT2D eigenvalue weighted by molar-refractivity contribution is 0.0949. The van der Waals surface area contributed by atoms with Crippen LogP contribution in [0.1, 0.15) is 16.1 Å². The fourth-order valence-corrected chi connectivity index (χ4v) is 2.12. The summed E-state index contributed by atoms with van der Waals surface area (Å²) < 4.78 is 4.98. The fraction of sp³-hybridized carbons (Fsp3) is 0.143. The third-order valence-electron chi connectivity index (χ3n) is 2.58. The molecule has 0 saturated heterocycles. The van der Waals surface area contributed by atoms with Crippen LogP contribution in [-0.2, 0) is 6.54 Å². The molecule has 0 spiro atoms. The molecule has 0 atom stereocenters. The first-order valence-electron chi connectivity index (χ1n) is 5.94. The maximum absolute atomic E-state index is 11.7. The summed E-state index contributed by atoms with van der Waals surface area (Å²) in [4.78, 5) is 12.9. The molecule has 0 unspecified atom stereocenters. The summed E-state index contributed by atoms with van der Waals surface area (Å²) in [6.07, 6.45) is 3.48. The molecule has 0 saturated carbocycles. The second-order valence-electron chi connectivity index (χ2n) is 3.96. The molecule has 0 radical (unpaired) electrons. The van der Waals surface area contributed by atoms with Gasteiger partial charge in [0.2, 0.25) is 0 Å². The Hall–Kier alpha value is -1.79. The molecule has 104 valence electrons. The highest BCUT2D eigenvalue weighted by molar-refractivity contribution is 7.98. The summed E-state index contributed by atoms with van der Waals surface area (Å²) in [5, 5.41) is 5.82. The minimum Gasteiger partial charge on any atom is -0.459 e. The van der Waals surface area contributed by atoms with Gasteiger partial charge >= 0.3 is 0 Å². The minimum atomic E-state index is -0.356. The molecule has 0 fully saturated rings. The van der Waals surface area contributed by atoms with Crippen molar-refractivity contribution in [3.63, 3.8) is 0 Å². The van der Waals surface area contributed by atoms with Crippen molar-refractivity contribution in [2.75, 3.05) is 6.26 Å². The van der Waals surface area contributed by atoms with Crippen molar-refractivity contribution < 1.29 is 9.21 Å². The Kier molecular flexibility index (Phi) is 5.20. The van der Waals surface area contributed by atoms with Gasteiger partial charge in [0.25, 0.3) is 5.91 Å². The minimum absolute atomic E-state index is 0.235. The van der Waals surface area contributed by atoms with E-state index in [0.29, 0.717) is 6.54 Å². The van der Waals surface area contributed by atoms with Crippen LogP contribution >= 0.6 is 24.0 Å². The second kappa shape index (κ2) is 7.12. The Morgan fingerprint density at radius 1 is 1.30 bits per heavy atom. The number of carbonyl (C=O) groups excluding carboxylic acids is 1. The number of rotatable bonds is 4. The molecule has 1 aromatic carbocycles. The molecular weight excluding hydrogens is 292 g/mol. The number of benzene rings is 1. The number of furan rings is 1. The second-order valence-corrected chi connectivity index (χ2v) is 5.25. The van der Waals surface area contributed by atoms with Crippen LogP contribution < -0.4 is 10.6 Å². The van der Waals surface area contributed by atoms with E-state index in [9.17, 15) is 4.79 Å². The van der Waals surface area contributed by atoms with Crippen molar-refractivity contribution in [3.8, 4) is 0 Å². The lowest BCUT2D eigenvalue weighted by atomic mass is 10.2. The van der Waals surface area contributed by atoms with Crippen molar-refractivity contribution in [1.82, 2.24) is 10.6 Å². The van der Waals surface area contributed by atoms with Crippen molar-refractivity contribution in [1.29, 1.82) is 0 Å². The van der Waals surface area contributed by atoms with Crippen LogP contribution in [0, 0.1) is 0 Å². The van der Waals surface area contributed by atoms with Crippen LogP contribution in [0.3, 0.4) is 0 Å². The van der Waals surface area contributed by atoms with Crippen molar-refractivity contribution in [3.05, 3.63) is 54.0 Å². The first-order chi connectivity index (χ1) is 9.69.